The fourth-order valence-electron chi connectivity index (χ4n) is 2.22. The van der Waals surface area contributed by atoms with Gasteiger partial charge in [0, 0.05) is 17.5 Å². The lowest BCUT2D eigenvalue weighted by atomic mass is 10.2. The molecule has 0 aliphatic carbocycles. The molecule has 0 aliphatic rings. The molecule has 27 heavy (non-hydrogen) atoms. The maximum Gasteiger partial charge on any atom is 0.271 e. The summed E-state index contributed by atoms with van der Waals surface area (Å²) in [4.78, 5) is 28.5. The van der Waals surface area contributed by atoms with E-state index >= 15 is 0 Å². The van der Waals surface area contributed by atoms with Gasteiger partial charge in [0.25, 0.3) is 11.8 Å². The van der Waals surface area contributed by atoms with Crippen LogP contribution in [0.1, 0.15) is 26.4 Å². The van der Waals surface area contributed by atoms with Gasteiger partial charge in [0.2, 0.25) is 0 Å². The predicted octanol–water partition coefficient (Wildman–Crippen LogP) is 3.47. The minimum atomic E-state index is -0.375. The standard InChI is InChI=1S/C19H16FN3O3S/c1-26-15-8-4-13(5-9-15)17(24)23-19-22-16(11-27-19)18(25)21-10-12-2-6-14(20)7-3-12/h2-9,11H,10H2,1H3,(H,21,25)(H,22,23,24). The van der Waals surface area contributed by atoms with Crippen molar-refractivity contribution in [2.24, 2.45) is 0 Å². The van der Waals surface area contributed by atoms with E-state index in [0.717, 1.165) is 16.9 Å². The van der Waals surface area contributed by atoms with Gasteiger partial charge in [-0.1, -0.05) is 12.1 Å². The minimum Gasteiger partial charge on any atom is -0.497 e. The van der Waals surface area contributed by atoms with Crippen LogP contribution in [-0.2, 0) is 6.54 Å². The molecule has 0 aliphatic heterocycles. The number of rotatable bonds is 6. The molecule has 0 atom stereocenters. The van der Waals surface area contributed by atoms with Crippen LogP contribution >= 0.6 is 11.3 Å². The van der Waals surface area contributed by atoms with Crippen molar-refractivity contribution in [2.75, 3.05) is 12.4 Å². The quantitative estimate of drug-likeness (QED) is 0.681. The van der Waals surface area contributed by atoms with Crippen molar-refractivity contribution in [3.05, 3.63) is 76.5 Å². The number of carbonyl (C=O) groups excluding carboxylic acids is 2. The van der Waals surface area contributed by atoms with Crippen LogP contribution < -0.4 is 15.4 Å². The molecule has 138 valence electrons. The van der Waals surface area contributed by atoms with Crippen molar-refractivity contribution in [1.29, 1.82) is 0 Å². The summed E-state index contributed by atoms with van der Waals surface area (Å²) in [5.74, 6) is -0.381. The van der Waals surface area contributed by atoms with Gasteiger partial charge in [-0.25, -0.2) is 9.37 Å². The third kappa shape index (κ3) is 4.89. The van der Waals surface area contributed by atoms with Crippen LogP contribution in [0, 0.1) is 5.82 Å². The van der Waals surface area contributed by atoms with E-state index in [1.54, 1.807) is 48.9 Å². The summed E-state index contributed by atoms with van der Waals surface area (Å²) in [5.41, 5.74) is 1.42. The SMILES string of the molecule is COc1ccc(C(=O)Nc2nc(C(=O)NCc3ccc(F)cc3)cs2)cc1. The number of nitrogens with one attached hydrogen (secondary N) is 2. The summed E-state index contributed by atoms with van der Waals surface area (Å²) >= 11 is 1.15. The van der Waals surface area contributed by atoms with E-state index in [0.29, 0.717) is 16.4 Å². The Morgan fingerprint density at radius 3 is 2.44 bits per heavy atom. The molecule has 0 spiro atoms. The first-order valence-corrected chi connectivity index (χ1v) is 8.86. The largest absolute Gasteiger partial charge is 0.497 e. The lowest BCUT2D eigenvalue weighted by molar-refractivity contribution is 0.0945. The summed E-state index contributed by atoms with van der Waals surface area (Å²) in [6.07, 6.45) is 0. The normalized spacial score (nSPS) is 10.3. The molecule has 0 unspecified atom stereocenters. The van der Waals surface area contributed by atoms with Crippen molar-refractivity contribution >= 4 is 28.3 Å². The van der Waals surface area contributed by atoms with E-state index in [2.05, 4.69) is 15.6 Å². The fourth-order valence-corrected chi connectivity index (χ4v) is 2.91. The molecule has 2 N–H and O–H groups in total. The Kier molecular flexibility index (Phi) is 5.77. The predicted molar refractivity (Wildman–Crippen MR) is 101 cm³/mol. The number of benzene rings is 2. The number of anilines is 1. The summed E-state index contributed by atoms with van der Waals surface area (Å²) < 4.78 is 17.9. The third-order valence-corrected chi connectivity index (χ3v) is 4.43. The first-order chi connectivity index (χ1) is 13.0. The van der Waals surface area contributed by atoms with Gasteiger partial charge in [0.1, 0.15) is 17.3 Å². The van der Waals surface area contributed by atoms with Gasteiger partial charge in [-0.15, -0.1) is 11.3 Å². The molecule has 1 heterocycles. The Morgan fingerprint density at radius 2 is 1.78 bits per heavy atom. The van der Waals surface area contributed by atoms with Gasteiger partial charge in [0.15, 0.2) is 5.13 Å². The number of aromatic nitrogens is 1. The molecule has 0 saturated heterocycles. The first-order valence-electron chi connectivity index (χ1n) is 7.99. The maximum absolute atomic E-state index is 12.9. The number of carbonyl (C=O) groups is 2. The van der Waals surface area contributed by atoms with E-state index in [4.69, 9.17) is 4.74 Å². The van der Waals surface area contributed by atoms with E-state index in [-0.39, 0.29) is 29.9 Å². The summed E-state index contributed by atoms with van der Waals surface area (Å²) in [6, 6.07) is 12.5. The minimum absolute atomic E-state index is 0.201. The topological polar surface area (TPSA) is 80.3 Å². The number of thiazole rings is 1. The molecule has 0 bridgehead atoms. The first kappa shape index (κ1) is 18.5. The van der Waals surface area contributed by atoms with E-state index < -0.39 is 0 Å². The Balaban J connectivity index is 1.57. The number of hydrogen-bond acceptors (Lipinski definition) is 5. The molecule has 1 aromatic heterocycles. The van der Waals surface area contributed by atoms with Gasteiger partial charge in [-0.2, -0.15) is 0 Å². The van der Waals surface area contributed by atoms with Gasteiger partial charge < -0.3 is 10.1 Å². The van der Waals surface area contributed by atoms with Gasteiger partial charge in [0.05, 0.1) is 7.11 Å². The Labute approximate surface area is 159 Å². The van der Waals surface area contributed by atoms with Crippen LogP contribution in [0.4, 0.5) is 9.52 Å². The van der Waals surface area contributed by atoms with Crippen molar-refractivity contribution in [3.8, 4) is 5.75 Å². The number of nitrogens with zero attached hydrogens (tertiary/aromatic N) is 1. The second-order valence-electron chi connectivity index (χ2n) is 5.53. The number of methoxy groups -OCH3 is 1. The molecule has 0 saturated carbocycles. The zero-order valence-electron chi connectivity index (χ0n) is 14.4. The van der Waals surface area contributed by atoms with Gasteiger partial charge in [-0.3, -0.25) is 14.9 Å². The van der Waals surface area contributed by atoms with Crippen LogP contribution in [-0.4, -0.2) is 23.9 Å². The van der Waals surface area contributed by atoms with Crippen molar-refractivity contribution in [2.45, 2.75) is 6.54 Å². The van der Waals surface area contributed by atoms with Crippen LogP contribution in [0.5, 0.6) is 5.75 Å². The second kappa shape index (κ2) is 8.41. The van der Waals surface area contributed by atoms with Crippen molar-refractivity contribution in [1.82, 2.24) is 10.3 Å². The zero-order chi connectivity index (χ0) is 19.2. The average Bonchev–Trinajstić information content (AvgIpc) is 3.16. The molecule has 2 amide bonds. The highest BCUT2D eigenvalue weighted by Crippen LogP contribution is 2.18. The number of halogens is 1. The highest BCUT2D eigenvalue weighted by molar-refractivity contribution is 7.14. The smallest absolute Gasteiger partial charge is 0.271 e. The molecule has 3 rings (SSSR count). The summed E-state index contributed by atoms with van der Waals surface area (Å²) in [5, 5.41) is 7.24. The molecular weight excluding hydrogens is 369 g/mol. The molecule has 2 aromatic carbocycles. The second-order valence-corrected chi connectivity index (χ2v) is 6.39. The third-order valence-electron chi connectivity index (χ3n) is 3.68. The summed E-state index contributed by atoms with van der Waals surface area (Å²) in [7, 11) is 1.55. The highest BCUT2D eigenvalue weighted by Gasteiger charge is 2.13. The average molecular weight is 385 g/mol. The lowest BCUT2D eigenvalue weighted by Gasteiger charge is -2.04. The molecule has 6 nitrogen and oxygen atoms in total. The van der Waals surface area contributed by atoms with Crippen molar-refractivity contribution < 1.29 is 18.7 Å². The van der Waals surface area contributed by atoms with E-state index in [1.165, 1.54) is 12.1 Å². The van der Waals surface area contributed by atoms with Crippen LogP contribution in [0.2, 0.25) is 0 Å². The van der Waals surface area contributed by atoms with Crippen LogP contribution in [0.3, 0.4) is 0 Å². The molecule has 0 fully saturated rings. The number of amides is 2. The van der Waals surface area contributed by atoms with Gasteiger partial charge >= 0.3 is 0 Å². The Bertz CT molecular complexity index is 940. The molecular formula is C19H16FN3O3S. The summed E-state index contributed by atoms with van der Waals surface area (Å²) in [6.45, 7) is 0.254. The number of ether oxygens (including phenoxy) is 1. The van der Waals surface area contributed by atoms with Crippen LogP contribution in [0.25, 0.3) is 0 Å². The monoisotopic (exact) mass is 385 g/mol. The van der Waals surface area contributed by atoms with Crippen LogP contribution in [0.15, 0.2) is 53.9 Å². The molecule has 0 radical (unpaired) electrons. The molecule has 8 heteroatoms. The highest BCUT2D eigenvalue weighted by atomic mass is 32.1. The van der Waals surface area contributed by atoms with Crippen molar-refractivity contribution in [3.63, 3.8) is 0 Å². The Morgan fingerprint density at radius 1 is 1.07 bits per heavy atom. The maximum atomic E-state index is 12.9. The lowest BCUT2D eigenvalue weighted by Crippen LogP contribution is -2.23. The van der Waals surface area contributed by atoms with Gasteiger partial charge in [-0.05, 0) is 42.0 Å². The molecule has 3 aromatic rings. The zero-order valence-corrected chi connectivity index (χ0v) is 15.2. The Hall–Kier alpha value is -3.26. The number of hydrogen-bond donors (Lipinski definition) is 2. The van der Waals surface area contributed by atoms with E-state index in [1.807, 2.05) is 0 Å². The fraction of sp³-hybridized carbons (Fsp3) is 0.105. The van der Waals surface area contributed by atoms with E-state index in [9.17, 15) is 14.0 Å².